The fourth-order valence-corrected chi connectivity index (χ4v) is 2.18. The molecule has 2 aromatic rings. The molecule has 0 bridgehead atoms. The first kappa shape index (κ1) is 15.4. The zero-order valence-corrected chi connectivity index (χ0v) is 12.8. The number of rotatable bonds is 3. The lowest BCUT2D eigenvalue weighted by molar-refractivity contribution is 0.586. The van der Waals surface area contributed by atoms with Crippen molar-refractivity contribution >= 4 is 23.0 Å². The van der Waals surface area contributed by atoms with E-state index >= 15 is 0 Å². The maximum absolute atomic E-state index is 13.5. The first-order valence-corrected chi connectivity index (χ1v) is 6.78. The van der Waals surface area contributed by atoms with Gasteiger partial charge in [0.05, 0.1) is 11.4 Å². The molecule has 21 heavy (non-hydrogen) atoms. The third-order valence-corrected chi connectivity index (χ3v) is 3.51. The Morgan fingerprint density at radius 1 is 1.33 bits per heavy atom. The van der Waals surface area contributed by atoms with Gasteiger partial charge in [-0.05, 0) is 38.2 Å². The second-order valence-corrected chi connectivity index (χ2v) is 5.11. The standard InChI is InChI=1S/C14H16F2N4S/c1-8-11(9(2)20(3)19-8)7-17-14(21)18-13-5-4-10(15)6-12(13)16/h4-6H,7H2,1-3H3,(H2,17,18,21). The number of aryl methyl sites for hydroxylation is 2. The molecule has 2 N–H and O–H groups in total. The molecule has 1 heterocycles. The molecule has 0 unspecified atom stereocenters. The zero-order chi connectivity index (χ0) is 15.6. The van der Waals surface area contributed by atoms with Gasteiger partial charge >= 0.3 is 0 Å². The van der Waals surface area contributed by atoms with Crippen molar-refractivity contribution in [2.75, 3.05) is 5.32 Å². The number of halogens is 2. The van der Waals surface area contributed by atoms with E-state index in [4.69, 9.17) is 12.2 Å². The van der Waals surface area contributed by atoms with E-state index in [2.05, 4.69) is 15.7 Å². The molecule has 0 aliphatic rings. The lowest BCUT2D eigenvalue weighted by atomic mass is 10.2. The summed E-state index contributed by atoms with van der Waals surface area (Å²) in [6, 6.07) is 3.28. The molecule has 0 aliphatic heterocycles. The smallest absolute Gasteiger partial charge is 0.171 e. The Balaban J connectivity index is 1.99. The molecule has 7 heteroatoms. The quantitative estimate of drug-likeness (QED) is 0.856. The van der Waals surface area contributed by atoms with Crippen molar-refractivity contribution in [3.63, 3.8) is 0 Å². The van der Waals surface area contributed by atoms with E-state index in [-0.39, 0.29) is 10.8 Å². The van der Waals surface area contributed by atoms with Gasteiger partial charge < -0.3 is 10.6 Å². The van der Waals surface area contributed by atoms with Gasteiger partial charge in [0.25, 0.3) is 0 Å². The van der Waals surface area contributed by atoms with Crippen LogP contribution in [0.15, 0.2) is 18.2 Å². The van der Waals surface area contributed by atoms with Crippen LogP contribution in [0.25, 0.3) is 0 Å². The highest BCUT2D eigenvalue weighted by Gasteiger charge is 2.10. The molecule has 0 fully saturated rings. The second kappa shape index (κ2) is 6.17. The third-order valence-electron chi connectivity index (χ3n) is 3.26. The van der Waals surface area contributed by atoms with Gasteiger partial charge in [-0.25, -0.2) is 8.78 Å². The number of aromatic nitrogens is 2. The average molecular weight is 310 g/mol. The van der Waals surface area contributed by atoms with Crippen molar-refractivity contribution in [3.8, 4) is 0 Å². The van der Waals surface area contributed by atoms with Crippen LogP contribution in [-0.2, 0) is 13.6 Å². The van der Waals surface area contributed by atoms with Crippen LogP contribution in [0.1, 0.15) is 17.0 Å². The minimum Gasteiger partial charge on any atom is -0.358 e. The van der Waals surface area contributed by atoms with E-state index in [9.17, 15) is 8.78 Å². The zero-order valence-electron chi connectivity index (χ0n) is 12.0. The van der Waals surface area contributed by atoms with Crippen LogP contribution in [0.2, 0.25) is 0 Å². The van der Waals surface area contributed by atoms with Gasteiger partial charge in [0, 0.05) is 30.9 Å². The summed E-state index contributed by atoms with van der Waals surface area (Å²) in [6.45, 7) is 4.37. The molecule has 2 rings (SSSR count). The fourth-order valence-electron chi connectivity index (χ4n) is 2.00. The van der Waals surface area contributed by atoms with Crippen molar-refractivity contribution in [2.45, 2.75) is 20.4 Å². The summed E-state index contributed by atoms with van der Waals surface area (Å²) in [5.41, 5.74) is 3.13. The minimum atomic E-state index is -0.687. The van der Waals surface area contributed by atoms with Gasteiger partial charge in [0.1, 0.15) is 11.6 Å². The summed E-state index contributed by atoms with van der Waals surface area (Å²) in [7, 11) is 1.87. The molecule has 0 aliphatic carbocycles. The highest BCUT2D eigenvalue weighted by atomic mass is 32.1. The number of nitrogens with one attached hydrogen (secondary N) is 2. The van der Waals surface area contributed by atoms with Crippen LogP contribution in [0.3, 0.4) is 0 Å². The maximum Gasteiger partial charge on any atom is 0.171 e. The Hall–Kier alpha value is -2.02. The minimum absolute atomic E-state index is 0.133. The summed E-state index contributed by atoms with van der Waals surface area (Å²) in [6.07, 6.45) is 0. The fraction of sp³-hybridized carbons (Fsp3) is 0.286. The Kier molecular flexibility index (Phi) is 4.52. The van der Waals surface area contributed by atoms with Crippen molar-refractivity contribution < 1.29 is 8.78 Å². The van der Waals surface area contributed by atoms with Crippen molar-refractivity contribution in [1.82, 2.24) is 15.1 Å². The van der Waals surface area contributed by atoms with Gasteiger partial charge in [-0.2, -0.15) is 5.10 Å². The summed E-state index contributed by atoms with van der Waals surface area (Å²) in [4.78, 5) is 0. The summed E-state index contributed by atoms with van der Waals surface area (Å²) in [5.74, 6) is -1.31. The molecule has 4 nitrogen and oxygen atoms in total. The van der Waals surface area contributed by atoms with Crippen LogP contribution >= 0.6 is 12.2 Å². The van der Waals surface area contributed by atoms with E-state index in [0.717, 1.165) is 23.0 Å². The number of thiocarbonyl (C=S) groups is 1. The number of benzene rings is 1. The van der Waals surface area contributed by atoms with E-state index in [1.165, 1.54) is 12.1 Å². The lowest BCUT2D eigenvalue weighted by Gasteiger charge is -2.11. The number of hydrogen-bond donors (Lipinski definition) is 2. The molecule has 112 valence electrons. The molecule has 0 saturated carbocycles. The van der Waals surface area contributed by atoms with Crippen LogP contribution < -0.4 is 10.6 Å². The summed E-state index contributed by atoms with van der Waals surface area (Å²) in [5, 5.41) is 10.3. The molecule has 1 aromatic carbocycles. The van der Waals surface area contributed by atoms with Crippen molar-refractivity contribution in [2.24, 2.45) is 7.05 Å². The van der Waals surface area contributed by atoms with Crippen LogP contribution in [0.5, 0.6) is 0 Å². The average Bonchev–Trinajstić information content (AvgIpc) is 2.65. The van der Waals surface area contributed by atoms with Gasteiger partial charge in [-0.15, -0.1) is 0 Å². The van der Waals surface area contributed by atoms with E-state index < -0.39 is 11.6 Å². The topological polar surface area (TPSA) is 41.9 Å². The predicted molar refractivity (Wildman–Crippen MR) is 82.1 cm³/mol. The summed E-state index contributed by atoms with van der Waals surface area (Å²) < 4.78 is 28.1. The second-order valence-electron chi connectivity index (χ2n) is 4.70. The molecule has 0 radical (unpaired) electrons. The molecule has 0 saturated heterocycles. The molecule has 1 aromatic heterocycles. The number of hydrogen-bond acceptors (Lipinski definition) is 2. The van der Waals surface area contributed by atoms with Crippen LogP contribution in [-0.4, -0.2) is 14.9 Å². The molecule has 0 spiro atoms. The lowest BCUT2D eigenvalue weighted by Crippen LogP contribution is -2.28. The molecule has 0 amide bonds. The highest BCUT2D eigenvalue weighted by molar-refractivity contribution is 7.80. The first-order valence-electron chi connectivity index (χ1n) is 6.37. The first-order chi connectivity index (χ1) is 9.88. The van der Waals surface area contributed by atoms with Gasteiger partial charge in [-0.3, -0.25) is 4.68 Å². The molecular weight excluding hydrogens is 294 g/mol. The molecular formula is C14H16F2N4S. The van der Waals surface area contributed by atoms with E-state index in [0.29, 0.717) is 6.54 Å². The van der Waals surface area contributed by atoms with Crippen molar-refractivity contribution in [3.05, 3.63) is 46.8 Å². The number of nitrogens with zero attached hydrogens (tertiary/aromatic N) is 2. The van der Waals surface area contributed by atoms with Gasteiger partial charge in [-0.1, -0.05) is 0 Å². The van der Waals surface area contributed by atoms with E-state index in [1.807, 2.05) is 20.9 Å². The monoisotopic (exact) mass is 310 g/mol. The van der Waals surface area contributed by atoms with Gasteiger partial charge in [0.2, 0.25) is 0 Å². The summed E-state index contributed by atoms with van der Waals surface area (Å²) >= 11 is 5.11. The van der Waals surface area contributed by atoms with Gasteiger partial charge in [0.15, 0.2) is 5.11 Å². The Morgan fingerprint density at radius 2 is 2.05 bits per heavy atom. The maximum atomic E-state index is 13.5. The highest BCUT2D eigenvalue weighted by Crippen LogP contribution is 2.15. The van der Waals surface area contributed by atoms with Crippen LogP contribution in [0, 0.1) is 25.5 Å². The van der Waals surface area contributed by atoms with E-state index in [1.54, 1.807) is 4.68 Å². The Bertz CT molecular complexity index is 682. The normalized spacial score (nSPS) is 10.5. The number of anilines is 1. The largest absolute Gasteiger partial charge is 0.358 e. The van der Waals surface area contributed by atoms with Crippen LogP contribution in [0.4, 0.5) is 14.5 Å². The van der Waals surface area contributed by atoms with Crippen molar-refractivity contribution in [1.29, 1.82) is 0 Å². The third kappa shape index (κ3) is 3.55. The Labute approximate surface area is 127 Å². The SMILES string of the molecule is Cc1nn(C)c(C)c1CNC(=S)Nc1ccc(F)cc1F. The Morgan fingerprint density at radius 3 is 2.62 bits per heavy atom. The predicted octanol–water partition coefficient (Wildman–Crippen LogP) is 2.80. The molecule has 0 atom stereocenters.